The second-order valence-electron chi connectivity index (χ2n) is 2.90. The molecule has 0 fully saturated rings. The van der Waals surface area contributed by atoms with Crippen molar-refractivity contribution in [2.75, 3.05) is 5.32 Å². The minimum atomic E-state index is -0.265. The van der Waals surface area contributed by atoms with Gasteiger partial charge in [0, 0.05) is 6.07 Å². The number of nitrogens with zero attached hydrogens (tertiary/aromatic N) is 2. The second-order valence-corrected chi connectivity index (χ2v) is 2.90. The van der Waals surface area contributed by atoms with E-state index in [-0.39, 0.29) is 18.2 Å². The Bertz CT molecular complexity index is 381. The number of rotatable bonds is 1. The van der Waals surface area contributed by atoms with Gasteiger partial charge in [-0.1, -0.05) is 6.92 Å². The summed E-state index contributed by atoms with van der Waals surface area (Å²) < 4.78 is 1.25. The number of carbonyl (C=O) groups is 2. The third kappa shape index (κ3) is 1.22. The summed E-state index contributed by atoms with van der Waals surface area (Å²) in [4.78, 5) is 22.2. The normalized spacial score (nSPS) is 15.5. The molecule has 0 bridgehead atoms. The summed E-state index contributed by atoms with van der Waals surface area (Å²) >= 11 is 0. The molecule has 13 heavy (non-hydrogen) atoms. The monoisotopic (exact) mass is 179 g/mol. The lowest BCUT2D eigenvalue weighted by atomic mass is 10.3. The van der Waals surface area contributed by atoms with Crippen molar-refractivity contribution in [1.29, 1.82) is 0 Å². The third-order valence-electron chi connectivity index (χ3n) is 1.94. The fourth-order valence-corrected chi connectivity index (χ4v) is 1.28. The van der Waals surface area contributed by atoms with E-state index in [2.05, 4.69) is 10.4 Å². The van der Waals surface area contributed by atoms with Crippen LogP contribution in [-0.4, -0.2) is 21.6 Å². The molecule has 2 heterocycles. The molecule has 0 unspecified atom stereocenters. The summed E-state index contributed by atoms with van der Waals surface area (Å²) in [5.41, 5.74) is 0.811. The summed E-state index contributed by atoms with van der Waals surface area (Å²) in [6.45, 7) is 1.95. The molecule has 0 saturated carbocycles. The summed E-state index contributed by atoms with van der Waals surface area (Å²) in [5.74, 6) is -0.0448. The Hall–Kier alpha value is -1.65. The number of aryl methyl sites for hydroxylation is 1. The molecular formula is C8H9N3O2. The van der Waals surface area contributed by atoms with E-state index in [9.17, 15) is 9.59 Å². The zero-order valence-corrected chi connectivity index (χ0v) is 7.20. The van der Waals surface area contributed by atoms with E-state index < -0.39 is 0 Å². The lowest BCUT2D eigenvalue weighted by Crippen LogP contribution is -2.29. The maximum absolute atomic E-state index is 11.3. The van der Waals surface area contributed by atoms with Gasteiger partial charge in [0.25, 0.3) is 5.91 Å². The first-order valence-electron chi connectivity index (χ1n) is 4.12. The van der Waals surface area contributed by atoms with Crippen LogP contribution in [0.4, 0.5) is 5.82 Å². The number of anilines is 1. The van der Waals surface area contributed by atoms with E-state index in [0.717, 1.165) is 12.1 Å². The molecule has 1 N–H and O–H groups in total. The van der Waals surface area contributed by atoms with Gasteiger partial charge in [0.15, 0.2) is 0 Å². The van der Waals surface area contributed by atoms with Gasteiger partial charge >= 0.3 is 0 Å². The average molecular weight is 179 g/mol. The molecule has 0 atom stereocenters. The largest absolute Gasteiger partial charge is 0.310 e. The molecule has 0 spiro atoms. The Morgan fingerprint density at radius 3 is 3.08 bits per heavy atom. The summed E-state index contributed by atoms with van der Waals surface area (Å²) in [6.07, 6.45) is 0.640. The van der Waals surface area contributed by atoms with Crippen LogP contribution >= 0.6 is 0 Å². The number of carbonyl (C=O) groups excluding carboxylic acids is 2. The Morgan fingerprint density at radius 1 is 1.62 bits per heavy atom. The smallest absolute Gasteiger partial charge is 0.258 e. The molecule has 1 aliphatic heterocycles. The molecule has 1 amide bonds. The first-order chi connectivity index (χ1) is 6.20. The molecule has 0 radical (unpaired) electrons. The van der Waals surface area contributed by atoms with Crippen molar-refractivity contribution in [2.24, 2.45) is 0 Å². The highest BCUT2D eigenvalue weighted by molar-refractivity contribution is 6.08. The zero-order valence-electron chi connectivity index (χ0n) is 7.20. The molecule has 2 rings (SSSR count). The van der Waals surface area contributed by atoms with Crippen molar-refractivity contribution >= 4 is 17.6 Å². The van der Waals surface area contributed by atoms with Gasteiger partial charge in [-0.3, -0.25) is 9.59 Å². The lowest BCUT2D eigenvalue weighted by Gasteiger charge is -2.11. The van der Waals surface area contributed by atoms with Gasteiger partial charge in [-0.05, 0) is 6.42 Å². The summed E-state index contributed by atoms with van der Waals surface area (Å²) in [5, 5.41) is 6.62. The van der Waals surface area contributed by atoms with Crippen LogP contribution in [0.1, 0.15) is 23.8 Å². The standard InChI is InChI=1S/C8H9N3O2/c1-2-5-3-6-9-7(12)4-8(13)11(6)10-5/h3H,2,4H2,1H3,(H,9,12). The van der Waals surface area contributed by atoms with Gasteiger partial charge in [0.05, 0.1) is 5.69 Å². The predicted molar refractivity (Wildman–Crippen MR) is 45.5 cm³/mol. The fraction of sp³-hybridized carbons (Fsp3) is 0.375. The van der Waals surface area contributed by atoms with Crippen LogP contribution in [0.3, 0.4) is 0 Å². The van der Waals surface area contributed by atoms with Crippen molar-refractivity contribution in [3.63, 3.8) is 0 Å². The third-order valence-corrected chi connectivity index (χ3v) is 1.94. The number of fused-ring (bicyclic) bond motifs is 1. The van der Waals surface area contributed by atoms with E-state index in [1.807, 2.05) is 6.92 Å². The number of hydrogen-bond acceptors (Lipinski definition) is 3. The maximum atomic E-state index is 11.3. The van der Waals surface area contributed by atoms with Crippen LogP contribution in [0.2, 0.25) is 0 Å². The first kappa shape index (κ1) is 7.97. The second kappa shape index (κ2) is 2.69. The van der Waals surface area contributed by atoms with Gasteiger partial charge in [-0.15, -0.1) is 0 Å². The molecule has 1 aromatic rings. The van der Waals surface area contributed by atoms with Crippen LogP contribution in [-0.2, 0) is 11.2 Å². The van der Waals surface area contributed by atoms with Crippen LogP contribution < -0.4 is 5.32 Å². The van der Waals surface area contributed by atoms with Gasteiger partial charge in [0.2, 0.25) is 5.91 Å². The van der Waals surface area contributed by atoms with Crippen LogP contribution in [0.25, 0.3) is 0 Å². The maximum Gasteiger partial charge on any atom is 0.258 e. The van der Waals surface area contributed by atoms with Crippen LogP contribution in [0, 0.1) is 0 Å². The minimum Gasteiger partial charge on any atom is -0.310 e. The zero-order chi connectivity index (χ0) is 9.42. The van der Waals surface area contributed by atoms with Gasteiger partial charge < -0.3 is 5.32 Å². The van der Waals surface area contributed by atoms with Gasteiger partial charge in [-0.25, -0.2) is 0 Å². The van der Waals surface area contributed by atoms with Gasteiger partial charge in [0.1, 0.15) is 12.2 Å². The first-order valence-corrected chi connectivity index (χ1v) is 4.12. The fourth-order valence-electron chi connectivity index (χ4n) is 1.28. The Morgan fingerprint density at radius 2 is 2.38 bits per heavy atom. The van der Waals surface area contributed by atoms with Crippen LogP contribution in [0.15, 0.2) is 6.07 Å². The Kier molecular flexibility index (Phi) is 1.65. The molecule has 0 aromatic carbocycles. The van der Waals surface area contributed by atoms with Gasteiger partial charge in [-0.2, -0.15) is 9.78 Å². The van der Waals surface area contributed by atoms with E-state index in [1.165, 1.54) is 4.68 Å². The lowest BCUT2D eigenvalue weighted by molar-refractivity contribution is -0.115. The average Bonchev–Trinajstić information content (AvgIpc) is 2.47. The molecule has 5 nitrogen and oxygen atoms in total. The molecule has 1 aromatic heterocycles. The minimum absolute atomic E-state index is 0.113. The molecule has 5 heteroatoms. The van der Waals surface area contributed by atoms with Crippen LogP contribution in [0.5, 0.6) is 0 Å². The molecular weight excluding hydrogens is 170 g/mol. The topological polar surface area (TPSA) is 64.0 Å². The van der Waals surface area contributed by atoms with Crippen molar-refractivity contribution in [1.82, 2.24) is 9.78 Å². The highest BCUT2D eigenvalue weighted by Gasteiger charge is 2.23. The Balaban J connectivity index is 2.46. The number of hydrogen-bond donors (Lipinski definition) is 1. The number of aromatic nitrogens is 2. The molecule has 1 aliphatic rings. The molecule has 0 saturated heterocycles. The highest BCUT2D eigenvalue weighted by atomic mass is 16.2. The van der Waals surface area contributed by atoms with Crippen molar-refractivity contribution in [2.45, 2.75) is 19.8 Å². The van der Waals surface area contributed by atoms with Crippen molar-refractivity contribution in [3.05, 3.63) is 11.8 Å². The van der Waals surface area contributed by atoms with E-state index in [1.54, 1.807) is 6.07 Å². The molecule has 68 valence electrons. The van der Waals surface area contributed by atoms with Crippen molar-refractivity contribution < 1.29 is 9.59 Å². The van der Waals surface area contributed by atoms with E-state index in [4.69, 9.17) is 0 Å². The summed E-state index contributed by atoms with van der Waals surface area (Å²) in [7, 11) is 0. The Labute approximate surface area is 74.7 Å². The van der Waals surface area contributed by atoms with Crippen molar-refractivity contribution in [3.8, 4) is 0 Å². The summed E-state index contributed by atoms with van der Waals surface area (Å²) in [6, 6.07) is 1.72. The number of nitrogens with one attached hydrogen (secondary N) is 1. The molecule has 0 aliphatic carbocycles. The number of amides is 1. The predicted octanol–water partition coefficient (Wildman–Crippen LogP) is 0.428. The quantitative estimate of drug-likeness (QED) is 0.636. The SMILES string of the molecule is CCc1cc2n(n1)C(=O)CC(=O)N2. The van der Waals surface area contributed by atoms with E-state index in [0.29, 0.717) is 5.82 Å². The van der Waals surface area contributed by atoms with E-state index >= 15 is 0 Å². The highest BCUT2D eigenvalue weighted by Crippen LogP contribution is 2.16.